The lowest BCUT2D eigenvalue weighted by atomic mass is 9.95. The average Bonchev–Trinajstić information content (AvgIpc) is 3.10. The Hall–Kier alpha value is -2.41. The molecule has 0 bridgehead atoms. The number of amides is 3. The first-order chi connectivity index (χ1) is 14.3. The summed E-state index contributed by atoms with van der Waals surface area (Å²) in [5, 5.41) is 2.91. The third-order valence-electron chi connectivity index (χ3n) is 6.06. The highest BCUT2D eigenvalue weighted by atomic mass is 16.5. The van der Waals surface area contributed by atoms with Gasteiger partial charge in [-0.25, -0.2) is 0 Å². The summed E-state index contributed by atoms with van der Waals surface area (Å²) in [5.74, 6) is -0.333. The number of nitrogens with one attached hydrogen (secondary N) is 1. The Labute approximate surface area is 178 Å². The molecule has 7 heteroatoms. The molecular formula is C23H33N3O4. The van der Waals surface area contributed by atoms with Crippen LogP contribution in [-0.2, 0) is 14.3 Å². The SMILES string of the molecule is CCCNC(=O)[C@H]1COC2(CCN(C(=O)C(C)C)CC2)N1C(=O)c1ccccc1C. The summed E-state index contributed by atoms with van der Waals surface area (Å²) in [6.07, 6.45) is 1.82. The molecule has 2 fully saturated rings. The quantitative estimate of drug-likeness (QED) is 0.801. The van der Waals surface area contributed by atoms with E-state index >= 15 is 0 Å². The number of hydrogen-bond acceptors (Lipinski definition) is 4. The zero-order valence-corrected chi connectivity index (χ0v) is 18.4. The molecule has 3 rings (SSSR count). The van der Waals surface area contributed by atoms with Gasteiger partial charge in [-0.3, -0.25) is 19.3 Å². The summed E-state index contributed by atoms with van der Waals surface area (Å²) >= 11 is 0. The van der Waals surface area contributed by atoms with E-state index in [9.17, 15) is 14.4 Å². The molecule has 2 aliphatic heterocycles. The third kappa shape index (κ3) is 4.21. The lowest BCUT2D eigenvalue weighted by Crippen LogP contribution is -2.60. The van der Waals surface area contributed by atoms with Crippen molar-refractivity contribution in [2.45, 2.75) is 58.7 Å². The summed E-state index contributed by atoms with van der Waals surface area (Å²) < 4.78 is 6.19. The zero-order chi connectivity index (χ0) is 21.9. The highest BCUT2D eigenvalue weighted by Gasteiger charge is 2.54. The monoisotopic (exact) mass is 415 g/mol. The number of carbonyl (C=O) groups excluding carboxylic acids is 3. The second-order valence-electron chi connectivity index (χ2n) is 8.53. The maximum atomic E-state index is 13.6. The number of nitrogens with zero attached hydrogens (tertiary/aromatic N) is 2. The molecule has 0 aromatic heterocycles. The van der Waals surface area contributed by atoms with Crippen LogP contribution in [0.3, 0.4) is 0 Å². The van der Waals surface area contributed by atoms with Crippen LogP contribution in [0.5, 0.6) is 0 Å². The Morgan fingerprint density at radius 3 is 2.47 bits per heavy atom. The summed E-state index contributed by atoms with van der Waals surface area (Å²) in [4.78, 5) is 42.4. The first-order valence-electron chi connectivity index (χ1n) is 10.9. The minimum atomic E-state index is -0.860. The highest BCUT2D eigenvalue weighted by Crippen LogP contribution is 2.39. The van der Waals surface area contributed by atoms with Gasteiger partial charge in [0.05, 0.1) is 6.61 Å². The van der Waals surface area contributed by atoms with Gasteiger partial charge in [0.2, 0.25) is 11.8 Å². The van der Waals surface area contributed by atoms with Gasteiger partial charge in [-0.2, -0.15) is 0 Å². The molecule has 0 saturated carbocycles. The molecule has 7 nitrogen and oxygen atoms in total. The molecule has 1 N–H and O–H groups in total. The van der Waals surface area contributed by atoms with E-state index in [0.29, 0.717) is 38.0 Å². The third-order valence-corrected chi connectivity index (χ3v) is 6.06. The first kappa shape index (κ1) is 22.3. The topological polar surface area (TPSA) is 79.0 Å². The average molecular weight is 416 g/mol. The van der Waals surface area contributed by atoms with Gasteiger partial charge in [-0.05, 0) is 25.0 Å². The number of benzene rings is 1. The van der Waals surface area contributed by atoms with Crippen LogP contribution in [-0.4, -0.2) is 65.5 Å². The van der Waals surface area contributed by atoms with E-state index in [1.807, 2.05) is 50.8 Å². The van der Waals surface area contributed by atoms with Crippen LogP contribution < -0.4 is 5.32 Å². The van der Waals surface area contributed by atoms with E-state index in [2.05, 4.69) is 5.32 Å². The summed E-state index contributed by atoms with van der Waals surface area (Å²) in [6, 6.07) is 6.75. The van der Waals surface area contributed by atoms with E-state index in [4.69, 9.17) is 4.74 Å². The molecular weight excluding hydrogens is 382 g/mol. The van der Waals surface area contributed by atoms with Gasteiger partial charge >= 0.3 is 0 Å². The zero-order valence-electron chi connectivity index (χ0n) is 18.4. The number of hydrogen-bond donors (Lipinski definition) is 1. The fourth-order valence-electron chi connectivity index (χ4n) is 4.32. The summed E-state index contributed by atoms with van der Waals surface area (Å²) in [5.41, 5.74) is 0.586. The Morgan fingerprint density at radius 1 is 1.20 bits per heavy atom. The van der Waals surface area contributed by atoms with Gasteiger partial charge in [0.15, 0.2) is 0 Å². The van der Waals surface area contributed by atoms with Gasteiger partial charge in [0.25, 0.3) is 5.91 Å². The van der Waals surface area contributed by atoms with E-state index < -0.39 is 11.8 Å². The molecule has 2 aliphatic rings. The smallest absolute Gasteiger partial charge is 0.257 e. The van der Waals surface area contributed by atoms with E-state index in [-0.39, 0.29) is 30.2 Å². The van der Waals surface area contributed by atoms with Crippen LogP contribution >= 0.6 is 0 Å². The van der Waals surface area contributed by atoms with Crippen molar-refractivity contribution in [2.75, 3.05) is 26.2 Å². The largest absolute Gasteiger partial charge is 0.354 e. The van der Waals surface area contributed by atoms with Crippen molar-refractivity contribution >= 4 is 17.7 Å². The predicted molar refractivity (Wildman–Crippen MR) is 114 cm³/mol. The normalized spacial score (nSPS) is 20.6. The Bertz CT molecular complexity index is 799. The lowest BCUT2D eigenvalue weighted by molar-refractivity contribution is -0.146. The fraction of sp³-hybridized carbons (Fsp3) is 0.609. The van der Waals surface area contributed by atoms with E-state index in [1.165, 1.54) is 0 Å². The highest BCUT2D eigenvalue weighted by molar-refractivity contribution is 5.99. The first-order valence-corrected chi connectivity index (χ1v) is 10.9. The van der Waals surface area contributed by atoms with Crippen molar-refractivity contribution in [1.29, 1.82) is 0 Å². The van der Waals surface area contributed by atoms with Gasteiger partial charge in [0.1, 0.15) is 11.8 Å². The molecule has 1 aromatic carbocycles. The van der Waals surface area contributed by atoms with Crippen LogP contribution in [0.2, 0.25) is 0 Å². The van der Waals surface area contributed by atoms with Crippen molar-refractivity contribution in [3.63, 3.8) is 0 Å². The van der Waals surface area contributed by atoms with Gasteiger partial charge in [-0.1, -0.05) is 39.0 Å². The van der Waals surface area contributed by atoms with Crippen LogP contribution in [0.1, 0.15) is 56.0 Å². The van der Waals surface area contributed by atoms with E-state index in [0.717, 1.165) is 12.0 Å². The van der Waals surface area contributed by atoms with Gasteiger partial charge in [0, 0.05) is 44.0 Å². The number of aryl methyl sites for hydroxylation is 1. The van der Waals surface area contributed by atoms with E-state index in [1.54, 1.807) is 11.0 Å². The molecule has 1 atom stereocenters. The molecule has 164 valence electrons. The van der Waals surface area contributed by atoms with Crippen molar-refractivity contribution < 1.29 is 19.1 Å². The predicted octanol–water partition coefficient (Wildman–Crippen LogP) is 2.34. The van der Waals surface area contributed by atoms with Gasteiger partial charge in [-0.15, -0.1) is 0 Å². The van der Waals surface area contributed by atoms with Crippen LogP contribution in [0.4, 0.5) is 0 Å². The lowest BCUT2D eigenvalue weighted by Gasteiger charge is -2.45. The minimum Gasteiger partial charge on any atom is -0.354 e. The molecule has 3 amide bonds. The molecule has 1 aromatic rings. The molecule has 30 heavy (non-hydrogen) atoms. The Morgan fingerprint density at radius 2 is 1.87 bits per heavy atom. The number of piperidine rings is 1. The maximum absolute atomic E-state index is 13.6. The standard InChI is InChI=1S/C23H33N3O4/c1-5-12-24-20(27)19-15-30-23(10-13-25(14-11-23)21(28)16(2)3)26(19)22(29)18-9-7-6-8-17(18)4/h6-9,16,19H,5,10-15H2,1-4H3,(H,24,27)/t19-/m1/s1. The number of likely N-dealkylation sites (tertiary alicyclic amines) is 1. The van der Waals surface area contributed by atoms with Crippen LogP contribution in [0.25, 0.3) is 0 Å². The number of ether oxygens (including phenoxy) is 1. The summed E-state index contributed by atoms with van der Waals surface area (Å²) in [7, 11) is 0. The van der Waals surface area contributed by atoms with Crippen molar-refractivity contribution in [3.8, 4) is 0 Å². The number of carbonyl (C=O) groups is 3. The second kappa shape index (κ2) is 9.16. The second-order valence-corrected chi connectivity index (χ2v) is 8.53. The van der Waals surface area contributed by atoms with Crippen molar-refractivity contribution in [3.05, 3.63) is 35.4 Å². The fourth-order valence-corrected chi connectivity index (χ4v) is 4.32. The van der Waals surface area contributed by atoms with Gasteiger partial charge < -0.3 is 15.0 Å². The molecule has 2 saturated heterocycles. The molecule has 0 radical (unpaired) electrons. The summed E-state index contributed by atoms with van der Waals surface area (Å²) in [6.45, 7) is 9.42. The van der Waals surface area contributed by atoms with Crippen molar-refractivity contribution in [2.24, 2.45) is 5.92 Å². The van der Waals surface area contributed by atoms with Crippen LogP contribution in [0.15, 0.2) is 24.3 Å². The molecule has 0 aliphatic carbocycles. The molecule has 2 heterocycles. The Kier molecular flexibility index (Phi) is 6.81. The molecule has 1 spiro atoms. The van der Waals surface area contributed by atoms with Crippen molar-refractivity contribution in [1.82, 2.24) is 15.1 Å². The Balaban J connectivity index is 1.89. The maximum Gasteiger partial charge on any atom is 0.257 e. The molecule has 0 unspecified atom stereocenters. The minimum absolute atomic E-state index is 0.0687. The number of rotatable bonds is 5. The van der Waals surface area contributed by atoms with Crippen LogP contribution in [0, 0.1) is 12.8 Å².